The average Bonchev–Trinajstić information content (AvgIpc) is 2.51. The summed E-state index contributed by atoms with van der Waals surface area (Å²) in [7, 11) is 0. The van der Waals surface area contributed by atoms with Gasteiger partial charge >= 0.3 is 0 Å². The molecule has 0 aliphatic carbocycles. The van der Waals surface area contributed by atoms with E-state index < -0.39 is 0 Å². The molecule has 0 aromatic rings. The zero-order valence-electron chi connectivity index (χ0n) is 15.8. The van der Waals surface area contributed by atoms with E-state index in [1.54, 1.807) is 6.92 Å². The van der Waals surface area contributed by atoms with Crippen LogP contribution in [0, 0.1) is 0 Å². The van der Waals surface area contributed by atoms with E-state index in [1.807, 2.05) is 63.3 Å². The lowest BCUT2D eigenvalue weighted by Crippen LogP contribution is -1.89. The van der Waals surface area contributed by atoms with Gasteiger partial charge in [-0.3, -0.25) is 4.79 Å². The second-order valence-electron chi connectivity index (χ2n) is 5.74. The van der Waals surface area contributed by atoms with Gasteiger partial charge in [-0.25, -0.2) is 0 Å². The maximum Gasteiger partial charge on any atom is 0.155 e. The minimum absolute atomic E-state index is 0.102. The molecule has 1 nitrogen and oxygen atoms in total. The third-order valence-corrected chi connectivity index (χ3v) is 3.24. The summed E-state index contributed by atoms with van der Waals surface area (Å²) in [6.45, 7) is 11.6. The Morgan fingerprint density at radius 2 is 1.00 bits per heavy atom. The highest BCUT2D eigenvalue weighted by molar-refractivity contribution is 5.92. The van der Waals surface area contributed by atoms with Crippen molar-refractivity contribution >= 4 is 5.78 Å². The van der Waals surface area contributed by atoms with E-state index in [2.05, 4.69) is 44.2 Å². The molecule has 0 heterocycles. The highest BCUT2D eigenvalue weighted by Gasteiger charge is 1.91. The van der Waals surface area contributed by atoms with Crippen LogP contribution in [0.25, 0.3) is 0 Å². The summed E-state index contributed by atoms with van der Waals surface area (Å²) in [6, 6.07) is 0. The van der Waals surface area contributed by atoms with Gasteiger partial charge in [0.15, 0.2) is 5.78 Å². The first-order valence-electron chi connectivity index (χ1n) is 8.22. The molecule has 0 aliphatic heterocycles. The summed E-state index contributed by atoms with van der Waals surface area (Å²) in [4.78, 5) is 11.1. The molecule has 0 spiro atoms. The van der Waals surface area contributed by atoms with Crippen LogP contribution in [0.5, 0.6) is 0 Å². The number of Topliss-reactive ketones (excluding diaryl/α,β-unsaturated/α-hetero) is 1. The Morgan fingerprint density at radius 1 is 0.583 bits per heavy atom. The number of allylic oxidation sites excluding steroid dienone is 16. The molecular formula is C23H30O. The van der Waals surface area contributed by atoms with Crippen LogP contribution < -0.4 is 0 Å². The number of carbonyl (C=O) groups excluding carboxylic acids is 1. The molecular weight excluding hydrogens is 292 g/mol. The summed E-state index contributed by atoms with van der Waals surface area (Å²) in [5.74, 6) is 0.102. The smallest absolute Gasteiger partial charge is 0.155 e. The van der Waals surface area contributed by atoms with E-state index in [4.69, 9.17) is 0 Å². The van der Waals surface area contributed by atoms with Crippen LogP contribution in [-0.2, 0) is 4.79 Å². The molecule has 0 fully saturated rings. The van der Waals surface area contributed by atoms with E-state index >= 15 is 0 Å². The van der Waals surface area contributed by atoms with Crippen LogP contribution in [0.15, 0.2) is 95.2 Å². The second-order valence-corrected chi connectivity index (χ2v) is 5.74. The van der Waals surface area contributed by atoms with Crippen LogP contribution >= 0.6 is 0 Å². The predicted octanol–water partition coefficient (Wildman–Crippen LogP) is 6.61. The lowest BCUT2D eigenvalue weighted by molar-refractivity contribution is -0.113. The quantitative estimate of drug-likeness (QED) is 0.363. The van der Waals surface area contributed by atoms with Crippen molar-refractivity contribution in [1.29, 1.82) is 0 Å². The van der Waals surface area contributed by atoms with Crippen LogP contribution in [0.2, 0.25) is 0 Å². The Morgan fingerprint density at radius 3 is 1.46 bits per heavy atom. The monoisotopic (exact) mass is 322 g/mol. The Hall–Kier alpha value is -2.41. The van der Waals surface area contributed by atoms with Crippen molar-refractivity contribution in [2.75, 3.05) is 0 Å². The molecule has 24 heavy (non-hydrogen) atoms. The topological polar surface area (TPSA) is 17.1 Å². The van der Waals surface area contributed by atoms with Gasteiger partial charge in [0.05, 0.1) is 0 Å². The molecule has 0 atom stereocenters. The zero-order valence-corrected chi connectivity index (χ0v) is 15.8. The Balaban J connectivity index is 4.60. The van der Waals surface area contributed by atoms with Gasteiger partial charge in [-0.1, -0.05) is 89.6 Å². The lowest BCUT2D eigenvalue weighted by atomic mass is 10.2. The first kappa shape index (κ1) is 21.6. The maximum atomic E-state index is 11.1. The first-order valence-corrected chi connectivity index (χ1v) is 8.22. The summed E-state index contributed by atoms with van der Waals surface area (Å²) in [6.07, 6.45) is 24.2. The van der Waals surface area contributed by atoms with Crippen LogP contribution in [-0.4, -0.2) is 5.78 Å². The summed E-state index contributed by atoms with van der Waals surface area (Å²) >= 11 is 0. The fourth-order valence-corrected chi connectivity index (χ4v) is 1.66. The summed E-state index contributed by atoms with van der Waals surface area (Å²) < 4.78 is 0. The van der Waals surface area contributed by atoms with Crippen molar-refractivity contribution < 1.29 is 4.79 Å². The number of hydrogen-bond donors (Lipinski definition) is 0. The van der Waals surface area contributed by atoms with Gasteiger partial charge in [-0.2, -0.15) is 0 Å². The molecule has 0 rings (SSSR count). The molecule has 0 bridgehead atoms. The number of ketones is 1. The molecule has 0 unspecified atom stereocenters. The van der Waals surface area contributed by atoms with Crippen molar-refractivity contribution in [3.05, 3.63) is 95.2 Å². The molecule has 0 aromatic carbocycles. The van der Waals surface area contributed by atoms with Crippen molar-refractivity contribution in [2.24, 2.45) is 0 Å². The third-order valence-electron chi connectivity index (χ3n) is 3.24. The van der Waals surface area contributed by atoms with E-state index in [1.165, 1.54) is 11.1 Å². The van der Waals surface area contributed by atoms with E-state index in [0.717, 1.165) is 11.1 Å². The van der Waals surface area contributed by atoms with Crippen LogP contribution in [0.4, 0.5) is 0 Å². The molecule has 0 amide bonds. The molecule has 128 valence electrons. The zero-order chi connectivity index (χ0) is 18.4. The highest BCUT2D eigenvalue weighted by atomic mass is 16.1. The Bertz CT molecular complexity index is 642. The molecule has 0 aliphatic rings. The summed E-state index contributed by atoms with van der Waals surface area (Å²) in [5, 5.41) is 0. The second kappa shape index (κ2) is 13.1. The molecule has 0 saturated carbocycles. The Kier molecular flexibility index (Phi) is 11.8. The number of rotatable bonds is 8. The minimum atomic E-state index is 0.102. The third kappa shape index (κ3) is 12.2. The Labute approximate surface area is 147 Å². The maximum absolute atomic E-state index is 11.1. The van der Waals surface area contributed by atoms with Gasteiger partial charge in [-0.15, -0.1) is 0 Å². The van der Waals surface area contributed by atoms with Crippen molar-refractivity contribution in [2.45, 2.75) is 41.5 Å². The first-order chi connectivity index (χ1) is 11.4. The molecule has 0 radical (unpaired) electrons. The fraction of sp³-hybridized carbons (Fsp3) is 0.261. The molecule has 1 heteroatoms. The van der Waals surface area contributed by atoms with Crippen molar-refractivity contribution in [3.63, 3.8) is 0 Å². The van der Waals surface area contributed by atoms with Crippen molar-refractivity contribution in [1.82, 2.24) is 0 Å². The average molecular weight is 322 g/mol. The molecule has 0 aromatic heterocycles. The van der Waals surface area contributed by atoms with E-state index in [-0.39, 0.29) is 5.78 Å². The highest BCUT2D eigenvalue weighted by Crippen LogP contribution is 2.02. The van der Waals surface area contributed by atoms with Gasteiger partial charge in [-0.05, 0) is 47.1 Å². The normalized spacial score (nSPS) is 15.6. The number of hydrogen-bond acceptors (Lipinski definition) is 1. The van der Waals surface area contributed by atoms with Gasteiger partial charge in [0, 0.05) is 0 Å². The van der Waals surface area contributed by atoms with E-state index in [0.29, 0.717) is 0 Å². The van der Waals surface area contributed by atoms with Crippen molar-refractivity contribution in [3.8, 4) is 0 Å². The van der Waals surface area contributed by atoms with E-state index in [9.17, 15) is 4.79 Å². The minimum Gasteiger partial charge on any atom is -0.295 e. The standard InChI is InChI=1S/C23H30O/c1-7-12-19(2)15-10-16-20(3)13-8-9-14-21(4)17-11-18-22(5)23(6)24/h7-18H,1-6H3/b9-8+,12-7+,16-10+,17-11+,19-15+,20-13+,21-14+,22-18+. The van der Waals surface area contributed by atoms with Crippen LogP contribution in [0.3, 0.4) is 0 Å². The summed E-state index contributed by atoms with van der Waals surface area (Å²) in [5.41, 5.74) is 4.32. The van der Waals surface area contributed by atoms with Gasteiger partial charge in [0.25, 0.3) is 0 Å². The van der Waals surface area contributed by atoms with Crippen LogP contribution in [0.1, 0.15) is 41.5 Å². The number of carbonyl (C=O) groups is 1. The predicted molar refractivity (Wildman–Crippen MR) is 108 cm³/mol. The molecule has 0 saturated heterocycles. The largest absolute Gasteiger partial charge is 0.295 e. The fourth-order valence-electron chi connectivity index (χ4n) is 1.66. The lowest BCUT2D eigenvalue weighted by Gasteiger charge is -1.91. The van der Waals surface area contributed by atoms with Gasteiger partial charge in [0.1, 0.15) is 0 Å². The van der Waals surface area contributed by atoms with Gasteiger partial charge in [0.2, 0.25) is 0 Å². The molecule has 0 N–H and O–H groups in total. The van der Waals surface area contributed by atoms with Gasteiger partial charge < -0.3 is 0 Å². The SMILES string of the molecule is C/C=C/C(C)=C/C=C/C(C)=C/C=C/C=C(C)/C=C/C=C(\C)C(C)=O.